The summed E-state index contributed by atoms with van der Waals surface area (Å²) in [7, 11) is 0. The molecule has 1 aliphatic rings. The summed E-state index contributed by atoms with van der Waals surface area (Å²) in [6.07, 6.45) is 9.38. The number of nitrogens with zero attached hydrogens (tertiary/aromatic N) is 1. The second kappa shape index (κ2) is 8.84. The molecule has 1 heterocycles. The van der Waals surface area contributed by atoms with Crippen molar-refractivity contribution in [1.82, 2.24) is 4.90 Å². The quantitative estimate of drug-likeness (QED) is 0.661. The molecule has 0 unspecified atom stereocenters. The fourth-order valence-corrected chi connectivity index (χ4v) is 3.67. The molecule has 2 heteroatoms. The average molecular weight is 348 g/mol. The molecule has 1 fully saturated rings. The molecule has 0 spiro atoms. The second-order valence-electron chi connectivity index (χ2n) is 7.33. The molecule has 2 aromatic rings. The number of benzene rings is 2. The fourth-order valence-electron chi connectivity index (χ4n) is 3.67. The molecular weight excluding hydrogens is 318 g/mol. The van der Waals surface area contributed by atoms with E-state index in [4.69, 9.17) is 0 Å². The van der Waals surface area contributed by atoms with Gasteiger partial charge in [0.1, 0.15) is 0 Å². The molecule has 26 heavy (non-hydrogen) atoms. The molecule has 2 nitrogen and oxygen atoms in total. The van der Waals surface area contributed by atoms with Gasteiger partial charge in [-0.25, -0.2) is 0 Å². The van der Waals surface area contributed by atoms with Crippen LogP contribution in [0.2, 0.25) is 0 Å². The third kappa shape index (κ3) is 4.85. The Morgan fingerprint density at radius 1 is 0.962 bits per heavy atom. The van der Waals surface area contributed by atoms with Crippen LogP contribution in [-0.2, 0) is 11.2 Å². The Bertz CT molecular complexity index is 764. The number of piperidine rings is 1. The van der Waals surface area contributed by atoms with Crippen molar-refractivity contribution in [2.75, 3.05) is 13.1 Å². The zero-order valence-corrected chi connectivity index (χ0v) is 16.0. The van der Waals surface area contributed by atoms with Crippen LogP contribution >= 0.6 is 0 Å². The molecule has 0 aliphatic carbocycles. The molecule has 0 saturated carbocycles. The van der Waals surface area contributed by atoms with Crippen LogP contribution in [-0.4, -0.2) is 23.9 Å². The van der Waals surface area contributed by atoms with Crippen LogP contribution < -0.4 is 0 Å². The van der Waals surface area contributed by atoms with E-state index in [-0.39, 0.29) is 0 Å². The lowest BCUT2D eigenvalue weighted by atomic mass is 10.0. The highest BCUT2D eigenvalue weighted by atomic mass is 16.2. The average Bonchev–Trinajstić information content (AvgIpc) is 2.67. The number of amides is 1. The summed E-state index contributed by atoms with van der Waals surface area (Å²) < 4.78 is 0. The highest BCUT2D eigenvalue weighted by Gasteiger charge is 2.15. The summed E-state index contributed by atoms with van der Waals surface area (Å²) in [4.78, 5) is 14.4. The number of aryl methyl sites for hydroxylation is 3. The predicted octanol–water partition coefficient (Wildman–Crippen LogP) is 5.42. The monoisotopic (exact) mass is 347 g/mol. The minimum Gasteiger partial charge on any atom is -0.343 e. The van der Waals surface area contributed by atoms with Gasteiger partial charge >= 0.3 is 0 Å². The van der Waals surface area contributed by atoms with E-state index in [0.29, 0.717) is 12.3 Å². The minimum absolute atomic E-state index is 0.307. The number of hydrogen-bond donors (Lipinski definition) is 0. The van der Waals surface area contributed by atoms with Gasteiger partial charge in [0, 0.05) is 19.5 Å². The zero-order chi connectivity index (χ0) is 18.4. The Labute approximate surface area is 157 Å². The van der Waals surface area contributed by atoms with Gasteiger partial charge in [0.05, 0.1) is 0 Å². The standard InChI is InChI=1S/C24H29NO/c1-19-8-6-9-20(2)23(19)14-12-21-10-7-11-22(18-21)13-15-24(26)25-16-4-3-5-17-25/h6-12,14,18H,3-5,13,15-17H2,1-2H3. The van der Waals surface area contributed by atoms with Gasteiger partial charge in [-0.15, -0.1) is 0 Å². The maximum absolute atomic E-state index is 12.4. The topological polar surface area (TPSA) is 20.3 Å². The SMILES string of the molecule is Cc1cccc(C)c1C=Cc1cccc(CCC(=O)N2CCCCC2)c1. The fraction of sp³-hybridized carbons (Fsp3) is 0.375. The van der Waals surface area contributed by atoms with Crippen LogP contribution in [0.15, 0.2) is 42.5 Å². The van der Waals surface area contributed by atoms with E-state index in [2.05, 4.69) is 68.5 Å². The largest absolute Gasteiger partial charge is 0.343 e. The second-order valence-corrected chi connectivity index (χ2v) is 7.33. The lowest BCUT2D eigenvalue weighted by Gasteiger charge is -2.26. The van der Waals surface area contributed by atoms with Crippen molar-refractivity contribution in [2.45, 2.75) is 46.0 Å². The molecule has 1 aliphatic heterocycles. The van der Waals surface area contributed by atoms with Crippen LogP contribution in [0.1, 0.15) is 53.5 Å². The maximum Gasteiger partial charge on any atom is 0.222 e. The van der Waals surface area contributed by atoms with Crippen molar-refractivity contribution in [2.24, 2.45) is 0 Å². The summed E-state index contributed by atoms with van der Waals surface area (Å²) in [5.74, 6) is 0.307. The van der Waals surface area contributed by atoms with Crippen LogP contribution in [0.4, 0.5) is 0 Å². The maximum atomic E-state index is 12.4. The molecule has 0 bridgehead atoms. The van der Waals surface area contributed by atoms with E-state index in [1.54, 1.807) is 0 Å². The molecule has 1 saturated heterocycles. The normalized spacial score (nSPS) is 14.8. The van der Waals surface area contributed by atoms with Gasteiger partial charge in [-0.05, 0) is 67.3 Å². The summed E-state index contributed by atoms with van der Waals surface area (Å²) in [5.41, 5.74) is 6.31. The minimum atomic E-state index is 0.307. The number of carbonyl (C=O) groups excluding carboxylic acids is 1. The first-order valence-electron chi connectivity index (χ1n) is 9.74. The van der Waals surface area contributed by atoms with Crippen molar-refractivity contribution in [1.29, 1.82) is 0 Å². The van der Waals surface area contributed by atoms with E-state index in [1.807, 2.05) is 4.90 Å². The number of carbonyl (C=O) groups is 1. The molecule has 2 aromatic carbocycles. The van der Waals surface area contributed by atoms with E-state index in [0.717, 1.165) is 32.4 Å². The lowest BCUT2D eigenvalue weighted by Crippen LogP contribution is -2.35. The van der Waals surface area contributed by atoms with Gasteiger partial charge < -0.3 is 4.90 Å². The Hall–Kier alpha value is -2.35. The van der Waals surface area contributed by atoms with Crippen LogP contribution in [0.3, 0.4) is 0 Å². The molecular formula is C24H29NO. The first-order chi connectivity index (χ1) is 12.6. The third-order valence-corrected chi connectivity index (χ3v) is 5.27. The molecule has 0 aromatic heterocycles. The summed E-state index contributed by atoms with van der Waals surface area (Å²) in [6.45, 7) is 6.18. The summed E-state index contributed by atoms with van der Waals surface area (Å²) in [5, 5.41) is 0. The van der Waals surface area contributed by atoms with E-state index < -0.39 is 0 Å². The highest BCUT2D eigenvalue weighted by Crippen LogP contribution is 2.18. The van der Waals surface area contributed by atoms with Crippen molar-refractivity contribution in [3.05, 3.63) is 70.3 Å². The number of likely N-dealkylation sites (tertiary alicyclic amines) is 1. The first kappa shape index (κ1) is 18.4. The molecule has 1 amide bonds. The smallest absolute Gasteiger partial charge is 0.222 e. The first-order valence-corrected chi connectivity index (χ1v) is 9.74. The van der Waals surface area contributed by atoms with Gasteiger partial charge in [0.25, 0.3) is 0 Å². The van der Waals surface area contributed by atoms with Crippen LogP contribution in [0, 0.1) is 13.8 Å². The van der Waals surface area contributed by atoms with E-state index in [9.17, 15) is 4.79 Å². The number of hydrogen-bond acceptors (Lipinski definition) is 1. The van der Waals surface area contributed by atoms with Gasteiger partial charge in [-0.2, -0.15) is 0 Å². The van der Waals surface area contributed by atoms with Gasteiger partial charge in [-0.3, -0.25) is 4.79 Å². The molecule has 3 rings (SSSR count). The molecule has 0 N–H and O–H groups in total. The van der Waals surface area contributed by atoms with Crippen LogP contribution in [0.5, 0.6) is 0 Å². The van der Waals surface area contributed by atoms with Crippen LogP contribution in [0.25, 0.3) is 12.2 Å². The summed E-state index contributed by atoms with van der Waals surface area (Å²) >= 11 is 0. The number of rotatable bonds is 5. The van der Waals surface area contributed by atoms with Crippen molar-refractivity contribution in [3.63, 3.8) is 0 Å². The van der Waals surface area contributed by atoms with Gasteiger partial charge in [-0.1, -0.05) is 54.6 Å². The lowest BCUT2D eigenvalue weighted by molar-refractivity contribution is -0.132. The van der Waals surface area contributed by atoms with Gasteiger partial charge in [0.2, 0.25) is 5.91 Å². The highest BCUT2D eigenvalue weighted by molar-refractivity contribution is 5.76. The van der Waals surface area contributed by atoms with Crippen molar-refractivity contribution in [3.8, 4) is 0 Å². The molecule has 0 radical (unpaired) electrons. The molecule has 136 valence electrons. The predicted molar refractivity (Wildman–Crippen MR) is 110 cm³/mol. The Kier molecular flexibility index (Phi) is 6.27. The summed E-state index contributed by atoms with van der Waals surface area (Å²) in [6, 6.07) is 14.9. The Morgan fingerprint density at radius 2 is 1.65 bits per heavy atom. The third-order valence-electron chi connectivity index (χ3n) is 5.27. The van der Waals surface area contributed by atoms with E-state index >= 15 is 0 Å². The van der Waals surface area contributed by atoms with Crippen molar-refractivity contribution < 1.29 is 4.79 Å². The van der Waals surface area contributed by atoms with Crippen molar-refractivity contribution >= 4 is 18.1 Å². The van der Waals surface area contributed by atoms with E-state index in [1.165, 1.54) is 34.2 Å². The van der Waals surface area contributed by atoms with Gasteiger partial charge in [0.15, 0.2) is 0 Å². The Balaban J connectivity index is 1.63. The molecule has 0 atom stereocenters. The zero-order valence-electron chi connectivity index (χ0n) is 16.0. The Morgan fingerprint density at radius 3 is 2.38 bits per heavy atom.